The largest absolute Gasteiger partial charge is 0.339 e. The number of aromatic nitrogens is 3. The zero-order valence-electron chi connectivity index (χ0n) is 21.5. The molecule has 0 aliphatic carbocycles. The zero-order chi connectivity index (χ0) is 25.6. The maximum absolute atomic E-state index is 12.5. The average molecular weight is 494 g/mol. The van der Waals surface area contributed by atoms with Gasteiger partial charge in [-0.15, -0.1) is 10.2 Å². The SMILES string of the molecule is CCN(CC)C(=O)c1ccc(NC(=O)CSc2nnc(-c3ccc(C(C)(C)C)cc3)n2CC)cc1. The minimum Gasteiger partial charge on any atom is -0.339 e. The second-order valence-corrected chi connectivity index (χ2v) is 10.2. The Balaban J connectivity index is 1.62. The van der Waals surface area contributed by atoms with E-state index < -0.39 is 0 Å². The molecule has 186 valence electrons. The van der Waals surface area contributed by atoms with Crippen molar-refractivity contribution in [3.05, 3.63) is 59.7 Å². The molecule has 0 bridgehead atoms. The van der Waals surface area contributed by atoms with Crippen LogP contribution in [0.1, 0.15) is 57.5 Å². The molecular formula is C27H35N5O2S. The fourth-order valence-electron chi connectivity index (χ4n) is 3.73. The lowest BCUT2D eigenvalue weighted by Crippen LogP contribution is -2.30. The van der Waals surface area contributed by atoms with Gasteiger partial charge in [-0.25, -0.2) is 0 Å². The van der Waals surface area contributed by atoms with Crippen LogP contribution in [0.4, 0.5) is 5.69 Å². The van der Waals surface area contributed by atoms with E-state index in [2.05, 4.69) is 60.6 Å². The molecule has 0 radical (unpaired) electrons. The summed E-state index contributed by atoms with van der Waals surface area (Å²) in [6.45, 7) is 14.6. The second kappa shape index (κ2) is 11.5. The molecule has 7 nitrogen and oxygen atoms in total. The third kappa shape index (κ3) is 6.51. The van der Waals surface area contributed by atoms with Crippen LogP contribution in [0.3, 0.4) is 0 Å². The Labute approximate surface area is 212 Å². The van der Waals surface area contributed by atoms with Crippen LogP contribution in [0.15, 0.2) is 53.7 Å². The fourth-order valence-corrected chi connectivity index (χ4v) is 4.53. The first-order chi connectivity index (χ1) is 16.7. The highest BCUT2D eigenvalue weighted by Gasteiger charge is 2.17. The van der Waals surface area contributed by atoms with E-state index in [0.717, 1.165) is 11.4 Å². The van der Waals surface area contributed by atoms with E-state index in [1.807, 2.05) is 25.3 Å². The van der Waals surface area contributed by atoms with Crippen LogP contribution >= 0.6 is 11.8 Å². The molecule has 1 heterocycles. The molecule has 0 fully saturated rings. The smallest absolute Gasteiger partial charge is 0.253 e. The maximum atomic E-state index is 12.5. The summed E-state index contributed by atoms with van der Waals surface area (Å²) in [5.74, 6) is 0.858. The molecule has 1 aromatic heterocycles. The average Bonchev–Trinajstić information content (AvgIpc) is 3.26. The van der Waals surface area contributed by atoms with Crippen LogP contribution < -0.4 is 5.32 Å². The van der Waals surface area contributed by atoms with Crippen molar-refractivity contribution in [1.82, 2.24) is 19.7 Å². The lowest BCUT2D eigenvalue weighted by molar-refractivity contribution is -0.113. The molecule has 0 saturated carbocycles. The van der Waals surface area contributed by atoms with Crippen molar-refractivity contribution in [2.75, 3.05) is 24.2 Å². The summed E-state index contributed by atoms with van der Waals surface area (Å²) in [7, 11) is 0. The Morgan fingerprint density at radius 3 is 2.11 bits per heavy atom. The van der Waals surface area contributed by atoms with E-state index in [1.54, 1.807) is 29.2 Å². The molecule has 0 unspecified atom stereocenters. The number of carbonyl (C=O) groups is 2. The topological polar surface area (TPSA) is 80.1 Å². The number of hydrogen-bond acceptors (Lipinski definition) is 5. The summed E-state index contributed by atoms with van der Waals surface area (Å²) in [5, 5.41) is 12.3. The predicted octanol–water partition coefficient (Wildman–Crippen LogP) is 5.48. The van der Waals surface area contributed by atoms with Crippen molar-refractivity contribution in [2.45, 2.75) is 58.7 Å². The fraction of sp³-hybridized carbons (Fsp3) is 0.407. The van der Waals surface area contributed by atoms with Gasteiger partial charge in [-0.1, -0.05) is 56.8 Å². The van der Waals surface area contributed by atoms with Crippen LogP contribution in [-0.2, 0) is 16.8 Å². The molecule has 35 heavy (non-hydrogen) atoms. The lowest BCUT2D eigenvalue weighted by Gasteiger charge is -2.19. The normalized spacial score (nSPS) is 11.4. The molecule has 3 rings (SSSR count). The lowest BCUT2D eigenvalue weighted by atomic mass is 9.87. The molecular weight excluding hydrogens is 458 g/mol. The first-order valence-corrected chi connectivity index (χ1v) is 13.0. The molecule has 2 amide bonds. The summed E-state index contributed by atoms with van der Waals surface area (Å²) in [4.78, 5) is 26.8. The van der Waals surface area contributed by atoms with Crippen LogP contribution in [0, 0.1) is 0 Å². The van der Waals surface area contributed by atoms with E-state index in [0.29, 0.717) is 36.0 Å². The number of amides is 2. The van der Waals surface area contributed by atoms with E-state index in [1.165, 1.54) is 17.3 Å². The van der Waals surface area contributed by atoms with Gasteiger partial charge in [0.1, 0.15) is 0 Å². The second-order valence-electron chi connectivity index (χ2n) is 9.27. The van der Waals surface area contributed by atoms with Gasteiger partial charge in [-0.2, -0.15) is 0 Å². The minimum atomic E-state index is -0.139. The Hall–Kier alpha value is -3.13. The molecule has 0 spiro atoms. The number of hydrogen-bond donors (Lipinski definition) is 1. The minimum absolute atomic E-state index is 0.00816. The van der Waals surface area contributed by atoms with Crippen molar-refractivity contribution in [3.8, 4) is 11.4 Å². The van der Waals surface area contributed by atoms with E-state index >= 15 is 0 Å². The molecule has 0 aliphatic rings. The summed E-state index contributed by atoms with van der Waals surface area (Å²) < 4.78 is 2.03. The van der Waals surface area contributed by atoms with Gasteiger partial charge in [-0.05, 0) is 56.0 Å². The molecule has 0 aliphatic heterocycles. The maximum Gasteiger partial charge on any atom is 0.253 e. The Morgan fingerprint density at radius 1 is 0.943 bits per heavy atom. The molecule has 2 aromatic carbocycles. The number of benzene rings is 2. The number of nitrogens with zero attached hydrogens (tertiary/aromatic N) is 4. The van der Waals surface area contributed by atoms with Crippen molar-refractivity contribution in [3.63, 3.8) is 0 Å². The number of carbonyl (C=O) groups excluding carboxylic acids is 2. The van der Waals surface area contributed by atoms with E-state index in [4.69, 9.17) is 0 Å². The van der Waals surface area contributed by atoms with Gasteiger partial charge in [0.2, 0.25) is 5.91 Å². The van der Waals surface area contributed by atoms with Gasteiger partial charge in [0.05, 0.1) is 5.75 Å². The van der Waals surface area contributed by atoms with Crippen molar-refractivity contribution >= 4 is 29.3 Å². The van der Waals surface area contributed by atoms with Crippen LogP contribution in [0.25, 0.3) is 11.4 Å². The standard InChI is InChI=1S/C27H35N5O2S/c1-7-31(8-2)25(34)20-12-16-22(17-13-20)28-23(33)18-35-26-30-29-24(32(26)9-3)19-10-14-21(15-11-19)27(4,5)6/h10-17H,7-9,18H2,1-6H3,(H,28,33). The van der Waals surface area contributed by atoms with Gasteiger partial charge in [0.25, 0.3) is 5.91 Å². The summed E-state index contributed by atoms with van der Waals surface area (Å²) in [5.41, 5.74) is 3.62. The number of anilines is 1. The van der Waals surface area contributed by atoms with Gasteiger partial charge in [0.15, 0.2) is 11.0 Å². The van der Waals surface area contributed by atoms with Crippen LogP contribution in [0.5, 0.6) is 0 Å². The van der Waals surface area contributed by atoms with Crippen molar-refractivity contribution < 1.29 is 9.59 Å². The highest BCUT2D eigenvalue weighted by atomic mass is 32.2. The summed E-state index contributed by atoms with van der Waals surface area (Å²) >= 11 is 1.36. The Bertz CT molecular complexity index is 1140. The third-order valence-corrected chi connectivity index (χ3v) is 6.81. The molecule has 1 N–H and O–H groups in total. The van der Waals surface area contributed by atoms with Gasteiger partial charge >= 0.3 is 0 Å². The van der Waals surface area contributed by atoms with E-state index in [-0.39, 0.29) is 23.0 Å². The number of nitrogens with one attached hydrogen (secondary N) is 1. The Morgan fingerprint density at radius 2 is 1.57 bits per heavy atom. The summed E-state index contributed by atoms with van der Waals surface area (Å²) in [6.07, 6.45) is 0. The number of thioether (sulfide) groups is 1. The van der Waals surface area contributed by atoms with Gasteiger partial charge < -0.3 is 14.8 Å². The summed E-state index contributed by atoms with van der Waals surface area (Å²) in [6, 6.07) is 15.4. The third-order valence-electron chi connectivity index (χ3n) is 5.84. The molecule has 8 heteroatoms. The van der Waals surface area contributed by atoms with Crippen molar-refractivity contribution in [1.29, 1.82) is 0 Å². The monoisotopic (exact) mass is 493 g/mol. The Kier molecular flexibility index (Phi) is 8.72. The highest BCUT2D eigenvalue weighted by molar-refractivity contribution is 7.99. The molecule has 0 saturated heterocycles. The van der Waals surface area contributed by atoms with Crippen LogP contribution in [0.2, 0.25) is 0 Å². The van der Waals surface area contributed by atoms with E-state index in [9.17, 15) is 9.59 Å². The van der Waals surface area contributed by atoms with Gasteiger partial charge in [-0.3, -0.25) is 9.59 Å². The first-order valence-electron chi connectivity index (χ1n) is 12.0. The number of rotatable bonds is 9. The van der Waals surface area contributed by atoms with Gasteiger partial charge in [0, 0.05) is 36.4 Å². The van der Waals surface area contributed by atoms with Crippen molar-refractivity contribution in [2.24, 2.45) is 0 Å². The molecule has 0 atom stereocenters. The quantitative estimate of drug-likeness (QED) is 0.400. The molecule has 3 aromatic rings. The highest BCUT2D eigenvalue weighted by Crippen LogP contribution is 2.27. The first kappa shape index (κ1) is 26.5. The predicted molar refractivity (Wildman–Crippen MR) is 143 cm³/mol. The zero-order valence-corrected chi connectivity index (χ0v) is 22.3. The van der Waals surface area contributed by atoms with Crippen LogP contribution in [-0.4, -0.2) is 50.3 Å².